The fourth-order valence-electron chi connectivity index (χ4n) is 3.83. The molecule has 8 heteroatoms. The minimum absolute atomic E-state index is 0.110. The summed E-state index contributed by atoms with van der Waals surface area (Å²) in [5.74, 6) is 1.17. The largest absolute Gasteiger partial charge is 0.383 e. The highest BCUT2D eigenvalue weighted by Crippen LogP contribution is 2.32. The number of hydrogen-bond donors (Lipinski definition) is 1. The maximum atomic E-state index is 11.9. The second kappa shape index (κ2) is 7.44. The summed E-state index contributed by atoms with van der Waals surface area (Å²) >= 11 is 0. The minimum Gasteiger partial charge on any atom is -0.383 e. The summed E-state index contributed by atoms with van der Waals surface area (Å²) in [6, 6.07) is 0.555. The number of amides is 1. The van der Waals surface area contributed by atoms with E-state index in [1.54, 1.807) is 13.3 Å². The summed E-state index contributed by atoms with van der Waals surface area (Å²) in [6.45, 7) is 6.27. The number of anilines is 1. The predicted molar refractivity (Wildman–Crippen MR) is 99.3 cm³/mol. The van der Waals surface area contributed by atoms with Crippen LogP contribution in [0.1, 0.15) is 42.3 Å². The Morgan fingerprint density at radius 1 is 1.41 bits per heavy atom. The smallest absolute Gasteiger partial charge is 0.227 e. The van der Waals surface area contributed by atoms with E-state index in [2.05, 4.69) is 20.5 Å². The molecule has 0 unspecified atom stereocenters. The molecule has 2 fully saturated rings. The van der Waals surface area contributed by atoms with Gasteiger partial charge in [0.25, 0.3) is 0 Å². The van der Waals surface area contributed by atoms with E-state index in [-0.39, 0.29) is 17.9 Å². The van der Waals surface area contributed by atoms with Crippen LogP contribution in [0.15, 0.2) is 16.9 Å². The number of ether oxygens (including phenoxy) is 1. The Balaban J connectivity index is 1.44. The molecule has 2 atom stereocenters. The molecule has 2 aliphatic rings. The van der Waals surface area contributed by atoms with E-state index in [1.165, 1.54) is 0 Å². The highest BCUT2D eigenvalue weighted by Gasteiger charge is 2.35. The Bertz CT molecular complexity index is 791. The van der Waals surface area contributed by atoms with Gasteiger partial charge in [0.2, 0.25) is 5.91 Å². The quantitative estimate of drug-likeness (QED) is 0.802. The SMILES string of the molecule is COC[C@@H]1C[C@H](n2cc(NC(=O)C3CC3)cn2)CN1Cc1c(C)noc1C. The first-order chi connectivity index (χ1) is 13.0. The van der Waals surface area contributed by atoms with Gasteiger partial charge in [0.05, 0.1) is 30.2 Å². The van der Waals surface area contributed by atoms with Crippen molar-refractivity contribution >= 4 is 11.6 Å². The Morgan fingerprint density at radius 3 is 2.89 bits per heavy atom. The van der Waals surface area contributed by atoms with Crippen molar-refractivity contribution in [2.45, 2.75) is 51.7 Å². The van der Waals surface area contributed by atoms with Gasteiger partial charge < -0.3 is 14.6 Å². The Hall–Kier alpha value is -2.19. The number of hydrogen-bond acceptors (Lipinski definition) is 6. The van der Waals surface area contributed by atoms with Gasteiger partial charge in [0, 0.05) is 43.9 Å². The molecule has 8 nitrogen and oxygen atoms in total. The second-order valence-electron chi connectivity index (χ2n) is 7.70. The van der Waals surface area contributed by atoms with Gasteiger partial charge in [0.1, 0.15) is 5.76 Å². The first-order valence-corrected chi connectivity index (χ1v) is 9.55. The molecular formula is C19H27N5O3. The number of carbonyl (C=O) groups excluding carboxylic acids is 1. The fourth-order valence-corrected chi connectivity index (χ4v) is 3.83. The Morgan fingerprint density at radius 2 is 2.22 bits per heavy atom. The highest BCUT2D eigenvalue weighted by molar-refractivity contribution is 5.93. The van der Waals surface area contributed by atoms with E-state index in [4.69, 9.17) is 9.26 Å². The van der Waals surface area contributed by atoms with E-state index in [9.17, 15) is 4.79 Å². The van der Waals surface area contributed by atoms with Crippen LogP contribution >= 0.6 is 0 Å². The molecule has 0 spiro atoms. The first-order valence-electron chi connectivity index (χ1n) is 9.55. The summed E-state index contributed by atoms with van der Waals surface area (Å²) < 4.78 is 12.7. The van der Waals surface area contributed by atoms with Crippen molar-refractivity contribution in [3.63, 3.8) is 0 Å². The second-order valence-corrected chi connectivity index (χ2v) is 7.70. The number of aromatic nitrogens is 3. The lowest BCUT2D eigenvalue weighted by Gasteiger charge is -2.23. The van der Waals surface area contributed by atoms with E-state index >= 15 is 0 Å². The van der Waals surface area contributed by atoms with Gasteiger partial charge in [-0.3, -0.25) is 14.4 Å². The van der Waals surface area contributed by atoms with Crippen LogP contribution < -0.4 is 5.32 Å². The van der Waals surface area contributed by atoms with Crippen molar-refractivity contribution in [1.29, 1.82) is 0 Å². The van der Waals surface area contributed by atoms with E-state index in [0.717, 1.165) is 55.1 Å². The van der Waals surface area contributed by atoms with Crippen molar-refractivity contribution in [3.05, 3.63) is 29.4 Å². The van der Waals surface area contributed by atoms with Gasteiger partial charge in [0.15, 0.2) is 0 Å². The predicted octanol–water partition coefficient (Wildman–Crippen LogP) is 2.30. The van der Waals surface area contributed by atoms with Gasteiger partial charge in [-0.2, -0.15) is 5.10 Å². The zero-order chi connectivity index (χ0) is 19.0. The molecule has 1 aliphatic heterocycles. The zero-order valence-corrected chi connectivity index (χ0v) is 16.1. The number of nitrogens with zero attached hydrogens (tertiary/aromatic N) is 4. The summed E-state index contributed by atoms with van der Waals surface area (Å²) in [5.41, 5.74) is 2.87. The van der Waals surface area contributed by atoms with Crippen LogP contribution in [0.2, 0.25) is 0 Å². The molecule has 1 aliphatic carbocycles. The fraction of sp³-hybridized carbons (Fsp3) is 0.632. The maximum Gasteiger partial charge on any atom is 0.227 e. The number of likely N-dealkylation sites (tertiary alicyclic amines) is 1. The Kier molecular flexibility index (Phi) is 5.01. The van der Waals surface area contributed by atoms with E-state index < -0.39 is 0 Å². The van der Waals surface area contributed by atoms with Crippen LogP contribution in [0.5, 0.6) is 0 Å². The molecule has 1 amide bonds. The van der Waals surface area contributed by atoms with Gasteiger partial charge in [-0.05, 0) is 33.1 Å². The molecule has 1 saturated carbocycles. The lowest BCUT2D eigenvalue weighted by Crippen LogP contribution is -2.32. The molecule has 1 N–H and O–H groups in total. The Labute approximate surface area is 158 Å². The summed E-state index contributed by atoms with van der Waals surface area (Å²) in [6.07, 6.45) is 6.63. The average Bonchev–Trinajstić information content (AvgIpc) is 3.17. The van der Waals surface area contributed by atoms with Crippen LogP contribution in [-0.4, -0.2) is 52.0 Å². The number of aryl methyl sites for hydroxylation is 2. The topological polar surface area (TPSA) is 85.4 Å². The van der Waals surface area contributed by atoms with Crippen LogP contribution in [0.4, 0.5) is 5.69 Å². The van der Waals surface area contributed by atoms with Gasteiger partial charge in [-0.25, -0.2) is 0 Å². The summed E-state index contributed by atoms with van der Waals surface area (Å²) in [5, 5.41) is 11.5. The monoisotopic (exact) mass is 373 g/mol. The molecule has 2 aromatic heterocycles. The molecule has 0 radical (unpaired) electrons. The molecule has 2 aromatic rings. The summed E-state index contributed by atoms with van der Waals surface area (Å²) in [7, 11) is 1.74. The molecule has 3 heterocycles. The summed E-state index contributed by atoms with van der Waals surface area (Å²) in [4.78, 5) is 14.4. The van der Waals surface area contributed by atoms with Crippen LogP contribution in [0.3, 0.4) is 0 Å². The zero-order valence-electron chi connectivity index (χ0n) is 16.1. The van der Waals surface area contributed by atoms with Crippen molar-refractivity contribution in [1.82, 2.24) is 19.8 Å². The average molecular weight is 373 g/mol. The third kappa shape index (κ3) is 3.91. The number of carbonyl (C=O) groups is 1. The molecule has 27 heavy (non-hydrogen) atoms. The molecule has 146 valence electrons. The van der Waals surface area contributed by atoms with Crippen molar-refractivity contribution in [3.8, 4) is 0 Å². The van der Waals surface area contributed by atoms with Crippen molar-refractivity contribution in [2.75, 3.05) is 25.6 Å². The molecular weight excluding hydrogens is 346 g/mol. The third-order valence-electron chi connectivity index (χ3n) is 5.60. The normalized spacial score (nSPS) is 23.1. The van der Waals surface area contributed by atoms with Crippen LogP contribution in [-0.2, 0) is 16.1 Å². The molecule has 1 saturated heterocycles. The lowest BCUT2D eigenvalue weighted by molar-refractivity contribution is -0.117. The van der Waals surface area contributed by atoms with Gasteiger partial charge in [-0.1, -0.05) is 5.16 Å². The van der Waals surface area contributed by atoms with Gasteiger partial charge in [-0.15, -0.1) is 0 Å². The number of nitrogens with one attached hydrogen (secondary N) is 1. The van der Waals surface area contributed by atoms with E-state index in [1.807, 2.05) is 24.7 Å². The molecule has 0 bridgehead atoms. The highest BCUT2D eigenvalue weighted by atomic mass is 16.5. The van der Waals surface area contributed by atoms with Crippen molar-refractivity contribution in [2.24, 2.45) is 5.92 Å². The minimum atomic E-state index is 0.110. The van der Waals surface area contributed by atoms with Crippen molar-refractivity contribution < 1.29 is 14.1 Å². The van der Waals surface area contributed by atoms with Gasteiger partial charge >= 0.3 is 0 Å². The van der Waals surface area contributed by atoms with E-state index in [0.29, 0.717) is 12.6 Å². The third-order valence-corrected chi connectivity index (χ3v) is 5.60. The van der Waals surface area contributed by atoms with Crippen LogP contribution in [0.25, 0.3) is 0 Å². The maximum absolute atomic E-state index is 11.9. The lowest BCUT2D eigenvalue weighted by atomic mass is 10.1. The standard InChI is InChI=1S/C19H27N5O3/c1-12-18(13(2)27-22-12)10-23-9-16(6-17(23)11-26-3)24-8-15(7-20-24)21-19(25)14-4-5-14/h7-8,14,16-17H,4-6,9-11H2,1-3H3,(H,21,25)/t16-,17-/m0/s1. The molecule has 0 aromatic carbocycles. The van der Waals surface area contributed by atoms with Crippen LogP contribution in [0, 0.1) is 19.8 Å². The number of rotatable bonds is 7. The first kappa shape index (κ1) is 18.2. The number of methoxy groups -OCH3 is 1. The molecule has 4 rings (SSSR count).